The van der Waals surface area contributed by atoms with Crippen LogP contribution in [0.5, 0.6) is 5.75 Å². The van der Waals surface area contributed by atoms with Gasteiger partial charge in [-0.3, -0.25) is 0 Å². The quantitative estimate of drug-likeness (QED) is 0.910. The molecule has 1 aromatic rings. The van der Waals surface area contributed by atoms with Gasteiger partial charge in [-0.05, 0) is 50.3 Å². The van der Waals surface area contributed by atoms with Crippen LogP contribution in [0.2, 0.25) is 0 Å². The molecule has 1 N–H and O–H groups in total. The molecule has 0 bridgehead atoms. The Morgan fingerprint density at radius 2 is 2.00 bits per heavy atom. The van der Waals surface area contributed by atoms with Gasteiger partial charge in [0.05, 0.1) is 0 Å². The monoisotopic (exact) mass is 273 g/mol. The molecule has 1 aliphatic heterocycles. The third-order valence-electron chi connectivity index (χ3n) is 3.47. The van der Waals surface area contributed by atoms with E-state index < -0.39 is 6.36 Å². The van der Waals surface area contributed by atoms with Gasteiger partial charge in [0.1, 0.15) is 5.75 Å². The van der Waals surface area contributed by atoms with Gasteiger partial charge in [0.25, 0.3) is 0 Å². The van der Waals surface area contributed by atoms with Crippen molar-refractivity contribution in [3.63, 3.8) is 0 Å². The summed E-state index contributed by atoms with van der Waals surface area (Å²) in [6.45, 7) is 2.97. The summed E-state index contributed by atoms with van der Waals surface area (Å²) < 4.78 is 41.0. The zero-order valence-electron chi connectivity index (χ0n) is 10.8. The molecule has 19 heavy (non-hydrogen) atoms. The molecule has 1 aliphatic rings. The van der Waals surface area contributed by atoms with Crippen LogP contribution in [0.25, 0.3) is 0 Å². The topological polar surface area (TPSA) is 21.3 Å². The van der Waals surface area contributed by atoms with Crippen molar-refractivity contribution in [1.82, 2.24) is 5.32 Å². The maximum atomic E-state index is 12.3. The van der Waals surface area contributed by atoms with Crippen molar-refractivity contribution in [2.45, 2.75) is 38.6 Å². The van der Waals surface area contributed by atoms with Crippen molar-refractivity contribution < 1.29 is 17.9 Å². The van der Waals surface area contributed by atoms with Crippen LogP contribution in [-0.4, -0.2) is 18.9 Å². The fraction of sp³-hybridized carbons (Fsp3) is 0.571. The lowest BCUT2D eigenvalue weighted by atomic mass is 9.89. The molecule has 1 heterocycles. The first-order chi connectivity index (χ1) is 8.94. The number of hydrogen-bond acceptors (Lipinski definition) is 2. The van der Waals surface area contributed by atoms with Gasteiger partial charge >= 0.3 is 6.36 Å². The summed E-state index contributed by atoms with van der Waals surface area (Å²) in [5.74, 6) is 0.294. The van der Waals surface area contributed by atoms with Crippen LogP contribution in [0.1, 0.15) is 25.3 Å². The number of piperidine rings is 1. The van der Waals surface area contributed by atoms with Gasteiger partial charge in [-0.25, -0.2) is 0 Å². The summed E-state index contributed by atoms with van der Waals surface area (Å²) in [5.41, 5.74) is 0.626. The summed E-state index contributed by atoms with van der Waals surface area (Å²) in [4.78, 5) is 0. The number of hydrogen-bond donors (Lipinski definition) is 1. The van der Waals surface area contributed by atoms with Gasteiger partial charge in [-0.2, -0.15) is 0 Å². The van der Waals surface area contributed by atoms with E-state index in [4.69, 9.17) is 0 Å². The standard InChI is InChI=1S/C14H18F3NO/c1-10-6-7-11(9-18-10)8-12-4-2-3-5-13(12)19-14(15,16)17/h2-5,10-11,18H,6-9H2,1H3. The third-order valence-corrected chi connectivity index (χ3v) is 3.47. The van der Waals surface area contributed by atoms with Crippen LogP contribution in [0.3, 0.4) is 0 Å². The molecule has 0 saturated carbocycles. The maximum absolute atomic E-state index is 12.3. The van der Waals surface area contributed by atoms with E-state index in [-0.39, 0.29) is 5.75 Å². The molecule has 2 rings (SSSR count). The molecule has 0 amide bonds. The van der Waals surface area contributed by atoms with Crippen LogP contribution in [0.4, 0.5) is 13.2 Å². The molecular weight excluding hydrogens is 255 g/mol. The highest BCUT2D eigenvalue weighted by atomic mass is 19.4. The predicted molar refractivity (Wildman–Crippen MR) is 67.0 cm³/mol. The second kappa shape index (κ2) is 5.82. The van der Waals surface area contributed by atoms with Gasteiger partial charge in [0, 0.05) is 6.04 Å². The third kappa shape index (κ3) is 4.42. The van der Waals surface area contributed by atoms with Gasteiger partial charge in [-0.1, -0.05) is 18.2 Å². The van der Waals surface area contributed by atoms with Crippen molar-refractivity contribution in [3.8, 4) is 5.75 Å². The Labute approximate surface area is 111 Å². The van der Waals surface area contributed by atoms with Gasteiger partial charge in [0.15, 0.2) is 0 Å². The molecule has 2 unspecified atom stereocenters. The first-order valence-electron chi connectivity index (χ1n) is 6.51. The molecule has 5 heteroatoms. The van der Waals surface area contributed by atoms with Gasteiger partial charge in [0.2, 0.25) is 0 Å². The van der Waals surface area contributed by atoms with E-state index in [0.29, 0.717) is 23.9 Å². The number of alkyl halides is 3. The Morgan fingerprint density at radius 1 is 1.26 bits per heavy atom. The van der Waals surface area contributed by atoms with E-state index in [1.165, 1.54) is 6.07 Å². The van der Waals surface area contributed by atoms with E-state index in [9.17, 15) is 13.2 Å². The minimum absolute atomic E-state index is 0.0754. The van der Waals surface area contributed by atoms with Crippen LogP contribution in [-0.2, 0) is 6.42 Å². The first-order valence-corrected chi connectivity index (χ1v) is 6.51. The molecular formula is C14H18F3NO. The Balaban J connectivity index is 2.03. The molecule has 0 aliphatic carbocycles. The smallest absolute Gasteiger partial charge is 0.406 e. The summed E-state index contributed by atoms with van der Waals surface area (Å²) in [7, 11) is 0. The van der Waals surface area contributed by atoms with E-state index >= 15 is 0 Å². The Hall–Kier alpha value is -1.23. The molecule has 2 nitrogen and oxygen atoms in total. The zero-order chi connectivity index (χ0) is 13.9. The van der Waals surface area contributed by atoms with Crippen LogP contribution in [0, 0.1) is 5.92 Å². The molecule has 0 radical (unpaired) electrons. The van der Waals surface area contributed by atoms with Crippen LogP contribution in [0.15, 0.2) is 24.3 Å². The minimum atomic E-state index is -4.63. The van der Waals surface area contributed by atoms with Gasteiger partial charge < -0.3 is 10.1 Å². The van der Waals surface area contributed by atoms with Crippen LogP contribution < -0.4 is 10.1 Å². The highest BCUT2D eigenvalue weighted by Gasteiger charge is 2.32. The minimum Gasteiger partial charge on any atom is -0.406 e. The molecule has 1 aromatic carbocycles. The fourth-order valence-electron chi connectivity index (χ4n) is 2.44. The Bertz CT molecular complexity index is 411. The van der Waals surface area contributed by atoms with Crippen molar-refractivity contribution in [2.75, 3.05) is 6.54 Å². The predicted octanol–water partition coefficient (Wildman–Crippen LogP) is 3.52. The molecule has 2 atom stereocenters. The molecule has 0 aromatic heterocycles. The summed E-state index contributed by atoms with van der Waals surface area (Å²) >= 11 is 0. The summed E-state index contributed by atoms with van der Waals surface area (Å²) in [6.07, 6.45) is -1.91. The lowest BCUT2D eigenvalue weighted by Crippen LogP contribution is -2.37. The molecule has 0 spiro atoms. The Morgan fingerprint density at radius 3 is 2.63 bits per heavy atom. The fourth-order valence-corrected chi connectivity index (χ4v) is 2.44. The number of benzene rings is 1. The number of ether oxygens (including phenoxy) is 1. The number of halogens is 3. The van der Waals surface area contributed by atoms with Gasteiger partial charge in [-0.15, -0.1) is 13.2 Å². The highest BCUT2D eigenvalue weighted by Crippen LogP contribution is 2.29. The molecule has 1 saturated heterocycles. The van der Waals surface area contributed by atoms with E-state index in [1.807, 2.05) is 0 Å². The lowest BCUT2D eigenvalue weighted by Gasteiger charge is -2.28. The Kier molecular flexibility index (Phi) is 4.34. The average Bonchev–Trinajstić information content (AvgIpc) is 2.33. The zero-order valence-corrected chi connectivity index (χ0v) is 10.8. The van der Waals surface area contributed by atoms with Crippen molar-refractivity contribution in [1.29, 1.82) is 0 Å². The van der Waals surface area contributed by atoms with Crippen molar-refractivity contribution in [2.24, 2.45) is 5.92 Å². The van der Waals surface area contributed by atoms with Crippen molar-refractivity contribution >= 4 is 0 Å². The maximum Gasteiger partial charge on any atom is 0.573 e. The second-order valence-electron chi connectivity index (χ2n) is 5.11. The highest BCUT2D eigenvalue weighted by molar-refractivity contribution is 5.33. The van der Waals surface area contributed by atoms with E-state index in [2.05, 4.69) is 17.0 Å². The first kappa shape index (κ1) is 14.2. The molecule has 1 fully saturated rings. The largest absolute Gasteiger partial charge is 0.573 e. The normalized spacial score (nSPS) is 24.2. The second-order valence-corrected chi connectivity index (χ2v) is 5.11. The summed E-state index contributed by atoms with van der Waals surface area (Å²) in [5, 5.41) is 3.36. The SMILES string of the molecule is CC1CCC(Cc2ccccc2OC(F)(F)F)CN1. The lowest BCUT2D eigenvalue weighted by molar-refractivity contribution is -0.274. The average molecular weight is 273 g/mol. The number of para-hydroxylation sites is 1. The summed E-state index contributed by atoms with van der Waals surface area (Å²) in [6, 6.07) is 6.89. The number of rotatable bonds is 3. The molecule has 106 valence electrons. The number of nitrogens with one attached hydrogen (secondary N) is 1. The van der Waals surface area contributed by atoms with E-state index in [1.54, 1.807) is 18.2 Å². The van der Waals surface area contributed by atoms with E-state index in [0.717, 1.165) is 19.4 Å². The van der Waals surface area contributed by atoms with Crippen molar-refractivity contribution in [3.05, 3.63) is 29.8 Å². The van der Waals surface area contributed by atoms with Crippen LogP contribution >= 0.6 is 0 Å².